The highest BCUT2D eigenvalue weighted by atomic mass is 32.2. The predicted molar refractivity (Wildman–Crippen MR) is 131 cm³/mol. The molecule has 0 aromatic heterocycles. The van der Waals surface area contributed by atoms with Gasteiger partial charge in [-0.25, -0.2) is 27.1 Å². The Kier molecular flexibility index (Phi) is 8.97. The minimum absolute atomic E-state index is 0.182. The van der Waals surface area contributed by atoms with Gasteiger partial charge in [0.25, 0.3) is 11.4 Å². The summed E-state index contributed by atoms with van der Waals surface area (Å²) in [5, 5.41) is 46.8. The quantitative estimate of drug-likeness (QED) is 0.172. The van der Waals surface area contributed by atoms with Crippen LogP contribution in [0.15, 0.2) is 44.3 Å². The molecule has 0 atom stereocenters. The molecule has 0 heterocycles. The Labute approximate surface area is 206 Å². The van der Waals surface area contributed by atoms with Crippen LogP contribution in [0.25, 0.3) is 0 Å². The number of hydrogen-bond acceptors (Lipinski definition) is 12. The Bertz CT molecular complexity index is 1320. The number of anilines is 2. The highest BCUT2D eigenvalue weighted by Gasteiger charge is 2.26. The second-order valence-corrected chi connectivity index (χ2v) is 10.5. The van der Waals surface area contributed by atoms with Crippen molar-refractivity contribution in [3.63, 3.8) is 0 Å². The maximum absolute atomic E-state index is 11.9. The first-order valence-electron chi connectivity index (χ1n) is 10.3. The van der Waals surface area contributed by atoms with Crippen molar-refractivity contribution in [1.82, 2.24) is 0 Å². The highest BCUT2D eigenvalue weighted by molar-refractivity contribution is 7.89. The zero-order valence-electron chi connectivity index (χ0n) is 19.2. The van der Waals surface area contributed by atoms with Crippen molar-refractivity contribution < 1.29 is 26.7 Å². The summed E-state index contributed by atoms with van der Waals surface area (Å²) in [6, 6.07) is 3.38. The molecule has 2 aromatic carbocycles. The number of primary sulfonamides is 2. The molecule has 0 saturated heterocycles. The molecular formula is C18H24N8O8S2. The Balaban J connectivity index is 2.88. The average Bonchev–Trinajstić information content (AvgIpc) is 2.78. The second-order valence-electron chi connectivity index (χ2n) is 7.33. The van der Waals surface area contributed by atoms with Crippen LogP contribution in [0.5, 0.6) is 0 Å². The van der Waals surface area contributed by atoms with E-state index in [2.05, 4.69) is 20.9 Å². The van der Waals surface area contributed by atoms with Gasteiger partial charge in [0.05, 0.1) is 19.6 Å². The molecule has 2 rings (SSSR count). The summed E-state index contributed by atoms with van der Waals surface area (Å²) in [4.78, 5) is 20.3. The number of nitrogens with two attached hydrogens (primary N) is 2. The average molecular weight is 545 g/mol. The van der Waals surface area contributed by atoms with E-state index in [1.807, 2.05) is 0 Å². The molecule has 2 aromatic rings. The van der Waals surface area contributed by atoms with Gasteiger partial charge in [0.15, 0.2) is 0 Å². The van der Waals surface area contributed by atoms with E-state index in [0.717, 1.165) is 24.3 Å². The first kappa shape index (κ1) is 28.5. The van der Waals surface area contributed by atoms with Crippen LogP contribution >= 0.6 is 0 Å². The van der Waals surface area contributed by atoms with Crippen LogP contribution in [0, 0.1) is 20.2 Å². The summed E-state index contributed by atoms with van der Waals surface area (Å²) in [5.41, 5.74) is -2.33. The molecule has 0 spiro atoms. The molecule has 18 heteroatoms. The van der Waals surface area contributed by atoms with E-state index in [9.17, 15) is 37.1 Å². The molecule has 0 saturated carbocycles. The third kappa shape index (κ3) is 6.90. The van der Waals surface area contributed by atoms with Crippen LogP contribution in [0.2, 0.25) is 0 Å². The Morgan fingerprint density at radius 2 is 1.08 bits per heavy atom. The molecule has 36 heavy (non-hydrogen) atoms. The molecule has 16 nitrogen and oxygen atoms in total. The molecule has 0 radical (unpaired) electrons. The molecule has 0 aliphatic heterocycles. The van der Waals surface area contributed by atoms with Crippen LogP contribution in [0.3, 0.4) is 0 Å². The van der Waals surface area contributed by atoms with Crippen LogP contribution in [0.1, 0.15) is 26.7 Å². The Hall–Kier alpha value is -3.74. The van der Waals surface area contributed by atoms with Gasteiger partial charge in [-0.05, 0) is 25.0 Å². The van der Waals surface area contributed by atoms with E-state index >= 15 is 0 Å². The first-order valence-corrected chi connectivity index (χ1v) is 13.4. The molecule has 0 aliphatic rings. The van der Waals surface area contributed by atoms with E-state index in [1.165, 1.54) is 0 Å². The van der Waals surface area contributed by atoms with Crippen molar-refractivity contribution in [3.8, 4) is 0 Å². The maximum atomic E-state index is 11.9. The number of nitro groups is 2. The van der Waals surface area contributed by atoms with Gasteiger partial charge < -0.3 is 10.6 Å². The summed E-state index contributed by atoms with van der Waals surface area (Å²) >= 11 is 0. The van der Waals surface area contributed by atoms with Gasteiger partial charge in [0, 0.05) is 25.2 Å². The predicted octanol–water partition coefficient (Wildman–Crippen LogP) is 2.86. The number of azo groups is 1. The molecule has 0 unspecified atom stereocenters. The summed E-state index contributed by atoms with van der Waals surface area (Å²) in [7, 11) is -8.79. The molecule has 0 aliphatic carbocycles. The van der Waals surface area contributed by atoms with Crippen LogP contribution in [0.4, 0.5) is 34.1 Å². The SMILES string of the molecule is CCCNc1c(N=Nc2cc(S(N)(=O)=O)cc([N+](=O)[O-])c2NCCC)cc(S(N)(=O)=O)cc1[N+](=O)[O-]. The summed E-state index contributed by atoms with van der Waals surface area (Å²) in [6.45, 7) is 4.05. The van der Waals surface area contributed by atoms with Gasteiger partial charge in [-0.3, -0.25) is 20.2 Å². The van der Waals surface area contributed by atoms with E-state index in [0.29, 0.717) is 12.8 Å². The highest BCUT2D eigenvalue weighted by Crippen LogP contribution is 2.41. The lowest BCUT2D eigenvalue weighted by Crippen LogP contribution is -2.13. The van der Waals surface area contributed by atoms with Gasteiger partial charge >= 0.3 is 0 Å². The van der Waals surface area contributed by atoms with Crippen molar-refractivity contribution in [2.75, 3.05) is 23.7 Å². The fourth-order valence-electron chi connectivity index (χ4n) is 2.92. The van der Waals surface area contributed by atoms with E-state index in [-0.39, 0.29) is 35.8 Å². The number of nitrogens with one attached hydrogen (secondary N) is 2. The molecule has 0 amide bonds. The lowest BCUT2D eigenvalue weighted by molar-refractivity contribution is -0.384. The van der Waals surface area contributed by atoms with Crippen LogP contribution in [-0.4, -0.2) is 39.8 Å². The number of nitro benzene ring substituents is 2. The lowest BCUT2D eigenvalue weighted by atomic mass is 10.2. The van der Waals surface area contributed by atoms with Crippen molar-refractivity contribution in [2.24, 2.45) is 20.5 Å². The maximum Gasteiger partial charge on any atom is 0.295 e. The molecule has 0 bridgehead atoms. The van der Waals surface area contributed by atoms with Gasteiger partial charge in [0.1, 0.15) is 22.7 Å². The fourth-order valence-corrected chi connectivity index (χ4v) is 4.02. The van der Waals surface area contributed by atoms with Crippen molar-refractivity contribution in [1.29, 1.82) is 0 Å². The number of sulfonamides is 2. The van der Waals surface area contributed by atoms with Gasteiger partial charge in [0.2, 0.25) is 20.0 Å². The summed E-state index contributed by atoms with van der Waals surface area (Å²) < 4.78 is 47.6. The number of nitrogens with zero attached hydrogens (tertiary/aromatic N) is 4. The molecular weight excluding hydrogens is 520 g/mol. The Morgan fingerprint density at radius 1 is 0.750 bits per heavy atom. The standard InChI is InChI=1S/C18H24N8O8S2/c1-3-5-21-17-13(7-11(35(19,31)32)9-15(17)25(27)28)23-24-14-8-12(36(20,33)34)10-16(26(29)30)18(14)22-6-4-2/h7-10,21-22H,3-6H2,1-2H3,(H2,19,31,32)(H2,20,33,34). The molecule has 0 fully saturated rings. The fraction of sp³-hybridized carbons (Fsp3) is 0.333. The van der Waals surface area contributed by atoms with Gasteiger partial charge in [-0.1, -0.05) is 13.8 Å². The van der Waals surface area contributed by atoms with Gasteiger partial charge in [-0.2, -0.15) is 0 Å². The minimum atomic E-state index is -4.40. The minimum Gasteiger partial charge on any atom is -0.378 e. The van der Waals surface area contributed by atoms with Crippen LogP contribution < -0.4 is 20.9 Å². The van der Waals surface area contributed by atoms with E-state index in [4.69, 9.17) is 10.3 Å². The summed E-state index contributed by atoms with van der Waals surface area (Å²) in [5.74, 6) is 0. The van der Waals surface area contributed by atoms with E-state index in [1.54, 1.807) is 13.8 Å². The van der Waals surface area contributed by atoms with Crippen LogP contribution in [-0.2, 0) is 20.0 Å². The third-order valence-corrected chi connectivity index (χ3v) is 6.35. The largest absolute Gasteiger partial charge is 0.378 e. The topological polar surface area (TPSA) is 255 Å². The second kappa shape index (κ2) is 11.3. The lowest BCUT2D eigenvalue weighted by Gasteiger charge is -2.12. The third-order valence-electron chi connectivity index (χ3n) is 4.56. The van der Waals surface area contributed by atoms with Gasteiger partial charge in [-0.15, -0.1) is 10.2 Å². The number of hydrogen-bond donors (Lipinski definition) is 4. The Morgan fingerprint density at radius 3 is 1.33 bits per heavy atom. The van der Waals surface area contributed by atoms with Crippen molar-refractivity contribution in [2.45, 2.75) is 36.5 Å². The molecule has 196 valence electrons. The van der Waals surface area contributed by atoms with E-state index < -0.39 is 51.1 Å². The monoisotopic (exact) mass is 544 g/mol. The smallest absolute Gasteiger partial charge is 0.295 e. The number of rotatable bonds is 12. The van der Waals surface area contributed by atoms with Crippen molar-refractivity contribution >= 4 is 54.2 Å². The summed E-state index contributed by atoms with van der Waals surface area (Å²) in [6.07, 6.45) is 1.08. The van der Waals surface area contributed by atoms with Crippen molar-refractivity contribution in [3.05, 3.63) is 44.5 Å². The first-order chi connectivity index (χ1) is 16.7. The normalized spacial score (nSPS) is 12.0. The zero-order chi connectivity index (χ0) is 27.3. The molecule has 6 N–H and O–H groups in total. The zero-order valence-corrected chi connectivity index (χ0v) is 20.8. The number of benzene rings is 2.